The van der Waals surface area contributed by atoms with Crippen LogP contribution < -0.4 is 5.32 Å². The summed E-state index contributed by atoms with van der Waals surface area (Å²) >= 11 is 0. The van der Waals surface area contributed by atoms with Crippen molar-refractivity contribution in [2.75, 3.05) is 5.32 Å². The molecule has 2 aliphatic rings. The van der Waals surface area contributed by atoms with Crippen molar-refractivity contribution in [2.24, 2.45) is 29.1 Å². The fourth-order valence-electron chi connectivity index (χ4n) is 5.21. The summed E-state index contributed by atoms with van der Waals surface area (Å²) in [6.07, 6.45) is 1.05. The maximum absolute atomic E-state index is 13.2. The predicted molar refractivity (Wildman–Crippen MR) is 102 cm³/mol. The van der Waals surface area contributed by atoms with Gasteiger partial charge in [0.2, 0.25) is 0 Å². The molecular formula is C23H27NO. The standard InChI is InChI=1S/C23H27NO/c1-15-18-14-19(23(15,2)3)20(22(18)25)21(16-10-6-4-7-11-16)24-17-12-8-5-9-13-17/h4-13,15,18-21,24H,14H2,1-3H3/t15-,18-,19-,20+,21-/m0/s1. The Kier molecular flexibility index (Phi) is 3.94. The van der Waals surface area contributed by atoms with Crippen LogP contribution in [0.3, 0.4) is 0 Å². The molecule has 0 spiro atoms. The molecule has 0 aromatic heterocycles. The zero-order valence-electron chi connectivity index (χ0n) is 15.3. The van der Waals surface area contributed by atoms with Gasteiger partial charge in [-0.2, -0.15) is 0 Å². The van der Waals surface area contributed by atoms with Crippen molar-refractivity contribution < 1.29 is 4.79 Å². The normalized spacial score (nSPS) is 31.1. The Bertz CT molecular complexity index is 752. The van der Waals surface area contributed by atoms with Crippen LogP contribution in [0.4, 0.5) is 5.69 Å². The number of para-hydroxylation sites is 1. The van der Waals surface area contributed by atoms with Crippen LogP contribution in [-0.2, 0) is 4.79 Å². The SMILES string of the molecule is C[C@H]1[C@@H]2C[C@@H]([C@H]([C@@H](Nc3ccccc3)c3ccccc3)C2=O)C1(C)C. The summed E-state index contributed by atoms with van der Waals surface area (Å²) in [4.78, 5) is 13.2. The van der Waals surface area contributed by atoms with Gasteiger partial charge in [0, 0.05) is 17.5 Å². The number of hydrogen-bond acceptors (Lipinski definition) is 2. The van der Waals surface area contributed by atoms with Crippen LogP contribution in [0.25, 0.3) is 0 Å². The monoisotopic (exact) mass is 333 g/mol. The highest BCUT2D eigenvalue weighted by molar-refractivity contribution is 5.89. The molecule has 4 rings (SSSR count). The van der Waals surface area contributed by atoms with Crippen molar-refractivity contribution in [3.8, 4) is 0 Å². The van der Waals surface area contributed by atoms with Crippen molar-refractivity contribution in [2.45, 2.75) is 33.2 Å². The number of benzene rings is 2. The highest BCUT2D eigenvalue weighted by atomic mass is 16.1. The van der Waals surface area contributed by atoms with Gasteiger partial charge in [-0.05, 0) is 41.4 Å². The van der Waals surface area contributed by atoms with E-state index in [1.54, 1.807) is 0 Å². The summed E-state index contributed by atoms with van der Waals surface area (Å²) in [5.74, 6) is 1.68. The fraction of sp³-hybridized carbons (Fsp3) is 0.435. The van der Waals surface area contributed by atoms with E-state index in [0.717, 1.165) is 12.1 Å². The van der Waals surface area contributed by atoms with E-state index in [2.05, 4.69) is 62.5 Å². The third-order valence-electron chi connectivity index (χ3n) is 6.98. The Balaban J connectivity index is 1.73. The molecule has 2 aromatic rings. The number of Topliss-reactive ketones (excluding diaryl/α,β-unsaturated/α-hetero) is 1. The first-order valence-electron chi connectivity index (χ1n) is 9.40. The highest BCUT2D eigenvalue weighted by Crippen LogP contribution is 2.62. The first kappa shape index (κ1) is 16.4. The smallest absolute Gasteiger partial charge is 0.142 e. The van der Waals surface area contributed by atoms with Crippen LogP contribution in [0.15, 0.2) is 60.7 Å². The molecule has 130 valence electrons. The van der Waals surface area contributed by atoms with Crippen molar-refractivity contribution in [1.82, 2.24) is 0 Å². The number of carbonyl (C=O) groups excluding carboxylic acids is 1. The van der Waals surface area contributed by atoms with E-state index in [9.17, 15) is 4.79 Å². The van der Waals surface area contributed by atoms with E-state index >= 15 is 0 Å². The number of fused-ring (bicyclic) bond motifs is 2. The Morgan fingerprint density at radius 3 is 2.20 bits per heavy atom. The quantitative estimate of drug-likeness (QED) is 0.818. The van der Waals surface area contributed by atoms with Gasteiger partial charge < -0.3 is 5.32 Å². The van der Waals surface area contributed by atoms with E-state index in [-0.39, 0.29) is 23.3 Å². The second kappa shape index (κ2) is 6.01. The summed E-state index contributed by atoms with van der Waals surface area (Å²) in [6.45, 7) is 6.97. The van der Waals surface area contributed by atoms with Gasteiger partial charge in [0.25, 0.3) is 0 Å². The molecule has 0 radical (unpaired) electrons. The third kappa shape index (κ3) is 2.59. The van der Waals surface area contributed by atoms with Crippen LogP contribution in [0.2, 0.25) is 0 Å². The minimum absolute atomic E-state index is 0.0397. The van der Waals surface area contributed by atoms with Crippen molar-refractivity contribution >= 4 is 11.5 Å². The zero-order valence-corrected chi connectivity index (χ0v) is 15.3. The van der Waals surface area contributed by atoms with Crippen molar-refractivity contribution in [3.63, 3.8) is 0 Å². The Morgan fingerprint density at radius 1 is 1.00 bits per heavy atom. The first-order valence-corrected chi connectivity index (χ1v) is 9.40. The molecule has 0 aliphatic heterocycles. The lowest BCUT2D eigenvalue weighted by Gasteiger charge is -2.43. The molecule has 2 aromatic carbocycles. The summed E-state index contributed by atoms with van der Waals surface area (Å²) in [5, 5.41) is 3.68. The molecule has 2 fully saturated rings. The molecular weight excluding hydrogens is 306 g/mol. The van der Waals surface area contributed by atoms with Gasteiger partial charge in [0.05, 0.1) is 6.04 Å². The first-order chi connectivity index (χ1) is 12.0. The predicted octanol–water partition coefficient (Wildman–Crippen LogP) is 5.34. The van der Waals surface area contributed by atoms with Crippen LogP contribution in [0.1, 0.15) is 38.8 Å². The van der Waals surface area contributed by atoms with Crippen LogP contribution in [0, 0.1) is 29.1 Å². The van der Waals surface area contributed by atoms with Gasteiger partial charge in [0.15, 0.2) is 0 Å². The third-order valence-corrected chi connectivity index (χ3v) is 6.98. The zero-order chi connectivity index (χ0) is 17.6. The number of ketones is 1. The average molecular weight is 333 g/mol. The van der Waals surface area contributed by atoms with Gasteiger partial charge >= 0.3 is 0 Å². The van der Waals surface area contributed by atoms with E-state index < -0.39 is 0 Å². The van der Waals surface area contributed by atoms with Gasteiger partial charge in [0.1, 0.15) is 5.78 Å². The Hall–Kier alpha value is -2.09. The minimum atomic E-state index is 0.0397. The van der Waals surface area contributed by atoms with Crippen LogP contribution >= 0.6 is 0 Å². The molecule has 1 N–H and O–H groups in total. The van der Waals surface area contributed by atoms with Gasteiger partial charge in [-0.3, -0.25) is 4.79 Å². The Morgan fingerprint density at radius 2 is 1.60 bits per heavy atom. The maximum atomic E-state index is 13.2. The van der Waals surface area contributed by atoms with E-state index in [0.29, 0.717) is 17.6 Å². The van der Waals surface area contributed by atoms with Gasteiger partial charge in [-0.1, -0.05) is 69.3 Å². The van der Waals surface area contributed by atoms with E-state index in [1.807, 2.05) is 24.3 Å². The molecule has 0 heterocycles. The van der Waals surface area contributed by atoms with Gasteiger partial charge in [-0.25, -0.2) is 0 Å². The average Bonchev–Trinajstić information content (AvgIpc) is 3.08. The van der Waals surface area contributed by atoms with Crippen LogP contribution in [-0.4, -0.2) is 5.78 Å². The van der Waals surface area contributed by atoms with Crippen molar-refractivity contribution in [1.29, 1.82) is 0 Å². The fourth-order valence-corrected chi connectivity index (χ4v) is 5.21. The molecule has 2 nitrogen and oxygen atoms in total. The summed E-state index contributed by atoms with van der Waals surface area (Å²) in [7, 11) is 0. The molecule has 2 aliphatic carbocycles. The molecule has 2 bridgehead atoms. The Labute approximate surface area is 150 Å². The number of rotatable bonds is 4. The summed E-state index contributed by atoms with van der Waals surface area (Å²) in [5.41, 5.74) is 2.51. The molecule has 5 atom stereocenters. The van der Waals surface area contributed by atoms with Crippen LogP contribution in [0.5, 0.6) is 0 Å². The largest absolute Gasteiger partial charge is 0.377 e. The molecule has 2 saturated carbocycles. The van der Waals surface area contributed by atoms with E-state index in [1.165, 1.54) is 5.56 Å². The number of nitrogens with one attached hydrogen (secondary N) is 1. The number of carbonyl (C=O) groups is 1. The lowest BCUT2D eigenvalue weighted by Crippen LogP contribution is -2.43. The maximum Gasteiger partial charge on any atom is 0.142 e. The number of anilines is 1. The molecule has 0 saturated heterocycles. The summed E-state index contributed by atoms with van der Waals surface area (Å²) < 4.78 is 0. The van der Waals surface area contributed by atoms with Gasteiger partial charge in [-0.15, -0.1) is 0 Å². The molecule has 2 heteroatoms. The number of hydrogen-bond donors (Lipinski definition) is 1. The van der Waals surface area contributed by atoms with Crippen molar-refractivity contribution in [3.05, 3.63) is 66.2 Å². The molecule has 0 amide bonds. The second-order valence-electron chi connectivity index (χ2n) is 8.39. The molecule has 25 heavy (non-hydrogen) atoms. The molecule has 0 unspecified atom stereocenters. The minimum Gasteiger partial charge on any atom is -0.377 e. The topological polar surface area (TPSA) is 29.1 Å². The summed E-state index contributed by atoms with van der Waals surface area (Å²) in [6, 6.07) is 20.8. The highest BCUT2D eigenvalue weighted by Gasteiger charge is 2.61. The second-order valence-corrected chi connectivity index (χ2v) is 8.39. The lowest BCUT2D eigenvalue weighted by atomic mass is 9.62. The lowest BCUT2D eigenvalue weighted by molar-refractivity contribution is -0.131. The van der Waals surface area contributed by atoms with E-state index in [4.69, 9.17) is 0 Å².